The Morgan fingerprint density at radius 1 is 1.06 bits per heavy atom. The van der Waals surface area contributed by atoms with Crippen molar-refractivity contribution in [3.05, 3.63) is 77.5 Å². The molecule has 4 heterocycles. The van der Waals surface area contributed by atoms with Crippen molar-refractivity contribution < 1.29 is 9.21 Å². The summed E-state index contributed by atoms with van der Waals surface area (Å²) >= 11 is 6.27. The maximum absolute atomic E-state index is 13.1. The van der Waals surface area contributed by atoms with Crippen LogP contribution in [-0.2, 0) is 0 Å². The zero-order valence-electron chi connectivity index (χ0n) is 18.4. The van der Waals surface area contributed by atoms with Gasteiger partial charge in [0, 0.05) is 41.6 Å². The molecule has 8 nitrogen and oxygen atoms in total. The monoisotopic (exact) mass is 472 g/mol. The van der Waals surface area contributed by atoms with Gasteiger partial charge in [-0.2, -0.15) is 0 Å². The topological polar surface area (TPSA) is 79.8 Å². The molecule has 0 radical (unpaired) electrons. The van der Waals surface area contributed by atoms with Crippen molar-refractivity contribution in [2.75, 3.05) is 24.5 Å². The van der Waals surface area contributed by atoms with Gasteiger partial charge in [0.1, 0.15) is 0 Å². The molecular formula is C25H21ClN6O2. The van der Waals surface area contributed by atoms with Gasteiger partial charge in [0.05, 0.1) is 11.8 Å². The second-order valence-electron chi connectivity index (χ2n) is 8.39. The first-order valence-electron chi connectivity index (χ1n) is 11.1. The predicted molar refractivity (Wildman–Crippen MR) is 130 cm³/mol. The quantitative estimate of drug-likeness (QED) is 0.383. The van der Waals surface area contributed by atoms with Gasteiger partial charge < -0.3 is 14.2 Å². The van der Waals surface area contributed by atoms with E-state index < -0.39 is 0 Å². The summed E-state index contributed by atoms with van der Waals surface area (Å²) in [4.78, 5) is 22.1. The van der Waals surface area contributed by atoms with E-state index in [-0.39, 0.29) is 11.9 Å². The van der Waals surface area contributed by atoms with Gasteiger partial charge in [-0.05, 0) is 49.4 Å². The minimum atomic E-state index is -0.0168. The third-order valence-corrected chi connectivity index (χ3v) is 6.45. The highest BCUT2D eigenvalue weighted by Crippen LogP contribution is 2.31. The molecule has 0 spiro atoms. The van der Waals surface area contributed by atoms with Crippen molar-refractivity contribution in [1.82, 2.24) is 24.5 Å². The Balaban J connectivity index is 1.43. The van der Waals surface area contributed by atoms with Gasteiger partial charge in [-0.25, -0.2) is 9.38 Å². The second kappa shape index (κ2) is 8.14. The number of fused-ring (bicyclic) bond motifs is 3. The third-order valence-electron chi connectivity index (χ3n) is 6.22. The van der Waals surface area contributed by atoms with Crippen molar-refractivity contribution >= 4 is 40.0 Å². The SMILES string of the molecule is CC1CN(c2nc3cc(Cl)ccc3c3nnc(-c4ccco4)n23)CCN1C(=O)c1ccccc1. The van der Waals surface area contributed by atoms with Crippen molar-refractivity contribution in [1.29, 1.82) is 0 Å². The average Bonchev–Trinajstić information content (AvgIpc) is 3.54. The van der Waals surface area contributed by atoms with Crippen molar-refractivity contribution in [3.63, 3.8) is 0 Å². The highest BCUT2D eigenvalue weighted by Gasteiger charge is 2.31. The maximum Gasteiger partial charge on any atom is 0.254 e. The van der Waals surface area contributed by atoms with Gasteiger partial charge in [-0.3, -0.25) is 4.79 Å². The van der Waals surface area contributed by atoms with E-state index in [2.05, 4.69) is 22.0 Å². The molecule has 5 aromatic rings. The molecule has 6 rings (SSSR count). The normalized spacial score (nSPS) is 16.5. The Morgan fingerprint density at radius 3 is 2.68 bits per heavy atom. The number of hydrogen-bond acceptors (Lipinski definition) is 6. The lowest BCUT2D eigenvalue weighted by molar-refractivity contribution is 0.0673. The number of rotatable bonds is 3. The Kier molecular flexibility index (Phi) is 4.95. The summed E-state index contributed by atoms with van der Waals surface area (Å²) in [5, 5.41) is 10.3. The first kappa shape index (κ1) is 20.7. The third kappa shape index (κ3) is 3.38. The van der Waals surface area contributed by atoms with Crippen molar-refractivity contribution in [2.24, 2.45) is 0 Å². The van der Waals surface area contributed by atoms with E-state index in [4.69, 9.17) is 21.0 Å². The Hall–Kier alpha value is -3.91. The summed E-state index contributed by atoms with van der Waals surface area (Å²) in [5.41, 5.74) is 2.12. The van der Waals surface area contributed by atoms with Crippen LogP contribution >= 0.6 is 11.6 Å². The van der Waals surface area contributed by atoms with E-state index >= 15 is 0 Å². The molecule has 1 atom stereocenters. The lowest BCUT2D eigenvalue weighted by atomic mass is 10.1. The van der Waals surface area contributed by atoms with E-state index in [1.807, 2.05) is 70.0 Å². The molecule has 170 valence electrons. The van der Waals surface area contributed by atoms with Crippen molar-refractivity contribution in [2.45, 2.75) is 13.0 Å². The number of piperazine rings is 1. The summed E-state index contributed by atoms with van der Waals surface area (Å²) in [6.07, 6.45) is 1.61. The summed E-state index contributed by atoms with van der Waals surface area (Å²) < 4.78 is 7.56. The van der Waals surface area contributed by atoms with E-state index in [9.17, 15) is 4.79 Å². The zero-order chi connectivity index (χ0) is 23.2. The fourth-order valence-electron chi connectivity index (χ4n) is 4.56. The molecule has 1 unspecified atom stereocenters. The van der Waals surface area contributed by atoms with Gasteiger partial charge in [-0.15, -0.1) is 10.2 Å². The predicted octanol–water partition coefficient (Wildman–Crippen LogP) is 4.54. The van der Waals surface area contributed by atoms with E-state index in [0.717, 1.165) is 10.9 Å². The van der Waals surface area contributed by atoms with Crippen molar-refractivity contribution in [3.8, 4) is 11.6 Å². The summed E-state index contributed by atoms with van der Waals surface area (Å²) in [6, 6.07) is 18.6. The number of furan rings is 1. The van der Waals surface area contributed by atoms with Crippen LogP contribution < -0.4 is 4.90 Å². The van der Waals surface area contributed by atoms with Gasteiger partial charge in [-0.1, -0.05) is 29.8 Å². The number of halogens is 1. The summed E-state index contributed by atoms with van der Waals surface area (Å²) in [7, 11) is 0. The fraction of sp³-hybridized carbons (Fsp3) is 0.200. The molecule has 1 saturated heterocycles. The molecule has 1 aliphatic heterocycles. The van der Waals surface area contributed by atoms with E-state index in [1.54, 1.807) is 6.26 Å². The summed E-state index contributed by atoms with van der Waals surface area (Å²) in [5.74, 6) is 1.92. The first-order valence-corrected chi connectivity index (χ1v) is 11.5. The molecule has 1 amide bonds. The zero-order valence-corrected chi connectivity index (χ0v) is 19.2. The van der Waals surface area contributed by atoms with Crippen LogP contribution in [0.5, 0.6) is 0 Å². The van der Waals surface area contributed by atoms with Crippen LogP contribution in [0, 0.1) is 0 Å². The Labute approximate surface area is 200 Å². The molecule has 0 saturated carbocycles. The number of benzene rings is 2. The molecule has 34 heavy (non-hydrogen) atoms. The van der Waals surface area contributed by atoms with Gasteiger partial charge in [0.25, 0.3) is 5.91 Å². The van der Waals surface area contributed by atoms with Gasteiger partial charge in [0.15, 0.2) is 11.4 Å². The molecule has 1 aliphatic rings. The number of hydrogen-bond donors (Lipinski definition) is 0. The van der Waals surface area contributed by atoms with Crippen LogP contribution in [0.15, 0.2) is 71.3 Å². The lowest BCUT2D eigenvalue weighted by Crippen LogP contribution is -2.54. The van der Waals surface area contributed by atoms with Crippen LogP contribution in [0.3, 0.4) is 0 Å². The minimum absolute atomic E-state index is 0.0168. The van der Waals surface area contributed by atoms with Crippen LogP contribution in [-0.4, -0.2) is 56.1 Å². The standard InChI is InChI=1S/C25H21ClN6O2/c1-16-15-30(11-12-31(16)24(33)17-6-3-2-4-7-17)25-27-20-14-18(26)9-10-19(20)22-28-29-23(32(22)25)21-8-5-13-34-21/h2-10,13-14,16H,11-12,15H2,1H3. The fourth-order valence-corrected chi connectivity index (χ4v) is 4.72. The number of nitrogens with zero attached hydrogens (tertiary/aromatic N) is 6. The maximum atomic E-state index is 13.1. The first-order chi connectivity index (χ1) is 16.6. The molecule has 3 aromatic heterocycles. The van der Waals surface area contributed by atoms with E-state index in [1.165, 1.54) is 0 Å². The Bertz CT molecular complexity index is 1500. The van der Waals surface area contributed by atoms with Gasteiger partial charge in [0.2, 0.25) is 11.8 Å². The lowest BCUT2D eigenvalue weighted by Gasteiger charge is -2.40. The number of aromatic nitrogens is 4. The molecule has 9 heteroatoms. The number of carbonyl (C=O) groups excluding carboxylic acids is 1. The van der Waals surface area contributed by atoms with Crippen LogP contribution in [0.1, 0.15) is 17.3 Å². The molecular weight excluding hydrogens is 452 g/mol. The van der Waals surface area contributed by atoms with Crippen LogP contribution in [0.2, 0.25) is 5.02 Å². The van der Waals surface area contributed by atoms with Crippen LogP contribution in [0.4, 0.5) is 5.95 Å². The molecule has 1 fully saturated rings. The molecule has 0 N–H and O–H groups in total. The Morgan fingerprint density at radius 2 is 1.91 bits per heavy atom. The molecule has 2 aromatic carbocycles. The summed E-state index contributed by atoms with van der Waals surface area (Å²) in [6.45, 7) is 3.86. The molecule has 0 bridgehead atoms. The average molecular weight is 473 g/mol. The highest BCUT2D eigenvalue weighted by atomic mass is 35.5. The number of anilines is 1. The minimum Gasteiger partial charge on any atom is -0.461 e. The van der Waals surface area contributed by atoms with E-state index in [0.29, 0.717) is 53.4 Å². The van der Waals surface area contributed by atoms with Crippen LogP contribution in [0.25, 0.3) is 28.1 Å². The molecule has 0 aliphatic carbocycles. The number of carbonyl (C=O) groups is 1. The highest BCUT2D eigenvalue weighted by molar-refractivity contribution is 6.31. The largest absolute Gasteiger partial charge is 0.461 e. The number of amides is 1. The smallest absolute Gasteiger partial charge is 0.254 e. The van der Waals surface area contributed by atoms with Gasteiger partial charge >= 0.3 is 0 Å². The second-order valence-corrected chi connectivity index (χ2v) is 8.83.